The number of thiazole rings is 1. The van der Waals surface area contributed by atoms with Gasteiger partial charge in [0.1, 0.15) is 22.3 Å². The van der Waals surface area contributed by atoms with Crippen molar-refractivity contribution in [3.8, 4) is 5.75 Å². The molecule has 0 spiro atoms. The Balaban J connectivity index is 1.93. The van der Waals surface area contributed by atoms with Gasteiger partial charge in [-0.25, -0.2) is 14.2 Å². The molecule has 1 N–H and O–H groups in total. The molecule has 1 fully saturated rings. The molecular formula is C26H30FN3O5S2. The zero-order valence-electron chi connectivity index (χ0n) is 21.4. The maximum Gasteiger partial charge on any atom is 0.330 e. The fourth-order valence-corrected chi connectivity index (χ4v) is 6.51. The van der Waals surface area contributed by atoms with Crippen molar-refractivity contribution in [3.05, 3.63) is 63.1 Å². The lowest BCUT2D eigenvalue weighted by atomic mass is 9.85. The number of hydrogen-bond acceptors (Lipinski definition) is 8. The molecule has 198 valence electrons. The molecule has 2 aromatic heterocycles. The number of aromatic nitrogens is 2. The summed E-state index contributed by atoms with van der Waals surface area (Å²) in [5.74, 6) is -1.45. The molecule has 1 amide bonds. The maximum atomic E-state index is 16.9. The normalized spacial score (nSPS) is 23.8. The van der Waals surface area contributed by atoms with Gasteiger partial charge in [0.05, 0.1) is 19.4 Å². The number of amides is 1. The number of ether oxygens (including phenoxy) is 2. The Kier molecular flexibility index (Phi) is 7.42. The van der Waals surface area contributed by atoms with E-state index >= 15 is 4.39 Å². The van der Waals surface area contributed by atoms with Crippen LogP contribution in [0, 0.1) is 0 Å². The summed E-state index contributed by atoms with van der Waals surface area (Å²) in [4.78, 5) is 32.8. The van der Waals surface area contributed by atoms with Crippen LogP contribution < -0.4 is 4.74 Å². The predicted molar refractivity (Wildman–Crippen MR) is 139 cm³/mol. The largest absolute Gasteiger partial charge is 0.496 e. The van der Waals surface area contributed by atoms with E-state index in [1.807, 2.05) is 20.8 Å². The van der Waals surface area contributed by atoms with Crippen molar-refractivity contribution in [2.75, 3.05) is 20.8 Å². The summed E-state index contributed by atoms with van der Waals surface area (Å²) in [5, 5.41) is 14.3. The smallest absolute Gasteiger partial charge is 0.330 e. The van der Waals surface area contributed by atoms with Crippen LogP contribution in [0.1, 0.15) is 59.9 Å². The summed E-state index contributed by atoms with van der Waals surface area (Å²) in [5.41, 5.74) is -2.85. The lowest BCUT2D eigenvalue weighted by Crippen LogP contribution is -2.55. The number of carbonyl (C=O) groups excluding carboxylic acids is 1. The van der Waals surface area contributed by atoms with Gasteiger partial charge >= 0.3 is 5.97 Å². The van der Waals surface area contributed by atoms with Crippen LogP contribution in [0.15, 0.2) is 41.2 Å². The second-order valence-electron chi connectivity index (χ2n) is 10.3. The molecule has 37 heavy (non-hydrogen) atoms. The number of methoxy groups -OCH3 is 2. The van der Waals surface area contributed by atoms with Crippen molar-refractivity contribution >= 4 is 34.7 Å². The Hall–Kier alpha value is -2.89. The van der Waals surface area contributed by atoms with Gasteiger partial charge in [0.15, 0.2) is 5.67 Å². The lowest BCUT2D eigenvalue weighted by molar-refractivity contribution is -0.149. The van der Waals surface area contributed by atoms with Crippen LogP contribution >= 0.6 is 22.9 Å². The number of benzene rings is 1. The van der Waals surface area contributed by atoms with Crippen molar-refractivity contribution in [1.82, 2.24) is 14.3 Å². The van der Waals surface area contributed by atoms with E-state index in [-0.39, 0.29) is 17.4 Å². The van der Waals surface area contributed by atoms with E-state index in [9.17, 15) is 14.7 Å². The summed E-state index contributed by atoms with van der Waals surface area (Å²) in [6.45, 7) is 5.67. The van der Waals surface area contributed by atoms with Crippen LogP contribution in [-0.4, -0.2) is 63.3 Å². The van der Waals surface area contributed by atoms with E-state index in [1.165, 1.54) is 43.3 Å². The van der Waals surface area contributed by atoms with E-state index in [0.29, 0.717) is 16.5 Å². The molecule has 3 unspecified atom stereocenters. The molecule has 0 saturated carbocycles. The molecule has 1 saturated heterocycles. The topological polar surface area (TPSA) is 102 Å². The van der Waals surface area contributed by atoms with Gasteiger partial charge in [0.2, 0.25) is 0 Å². The Morgan fingerprint density at radius 1 is 1.24 bits per heavy atom. The average Bonchev–Trinajstić information content (AvgIpc) is 3.58. The van der Waals surface area contributed by atoms with Gasteiger partial charge < -0.3 is 19.5 Å². The van der Waals surface area contributed by atoms with Crippen molar-refractivity contribution in [2.24, 2.45) is 0 Å². The summed E-state index contributed by atoms with van der Waals surface area (Å²) in [6.07, 6.45) is 0.873. The highest BCUT2D eigenvalue weighted by molar-refractivity contribution is 7.09. The minimum atomic E-state index is -2.20. The first kappa shape index (κ1) is 27.2. The summed E-state index contributed by atoms with van der Waals surface area (Å²) >= 11 is 2.33. The molecule has 0 bridgehead atoms. The van der Waals surface area contributed by atoms with Crippen LogP contribution in [-0.2, 0) is 21.4 Å². The van der Waals surface area contributed by atoms with E-state index < -0.39 is 42.2 Å². The standard InChI is InChI=1S/C26H30FN3O5S2/c1-24(2,3)18-7-6-16(12-19(18)35-5)22(31)30-20(21-28-9-11-36-21)25(27,15-34-4)14-26(30,23(32)33)13-17-8-10-37-29-17/h6-12,20H,13-15H2,1-5H3,(H,32,33). The Morgan fingerprint density at radius 3 is 2.54 bits per heavy atom. The lowest BCUT2D eigenvalue weighted by Gasteiger charge is -2.37. The van der Waals surface area contributed by atoms with Crippen molar-refractivity contribution in [1.29, 1.82) is 0 Å². The van der Waals surface area contributed by atoms with Crippen LogP contribution in [0.2, 0.25) is 0 Å². The number of carboxylic acids is 1. The van der Waals surface area contributed by atoms with E-state index in [0.717, 1.165) is 10.5 Å². The summed E-state index contributed by atoms with van der Waals surface area (Å²) < 4.78 is 31.9. The average molecular weight is 548 g/mol. The number of alkyl halides is 1. The Morgan fingerprint density at radius 2 is 2.00 bits per heavy atom. The van der Waals surface area contributed by atoms with Gasteiger partial charge in [-0.05, 0) is 40.7 Å². The second kappa shape index (κ2) is 10.1. The van der Waals surface area contributed by atoms with Gasteiger partial charge in [-0.15, -0.1) is 11.3 Å². The summed E-state index contributed by atoms with van der Waals surface area (Å²) in [7, 11) is 2.87. The SMILES string of the molecule is COCC1(F)CC(Cc2ccsn2)(C(=O)O)N(C(=O)c2ccc(C(C)(C)C)c(OC)c2)C1c1nccs1. The zero-order valence-corrected chi connectivity index (χ0v) is 23.0. The van der Waals surface area contributed by atoms with Gasteiger partial charge in [0, 0.05) is 42.5 Å². The molecule has 0 radical (unpaired) electrons. The molecule has 0 aliphatic carbocycles. The van der Waals surface area contributed by atoms with E-state index in [1.54, 1.807) is 35.0 Å². The third kappa shape index (κ3) is 4.87. The number of halogens is 1. The van der Waals surface area contributed by atoms with Crippen LogP contribution in [0.5, 0.6) is 5.75 Å². The highest BCUT2D eigenvalue weighted by Gasteiger charge is 2.67. The molecule has 3 aromatic rings. The Bertz CT molecular complexity index is 1260. The molecule has 8 nitrogen and oxygen atoms in total. The van der Waals surface area contributed by atoms with Crippen molar-refractivity contribution in [3.63, 3.8) is 0 Å². The van der Waals surface area contributed by atoms with Crippen LogP contribution in [0.25, 0.3) is 0 Å². The number of rotatable bonds is 8. The van der Waals surface area contributed by atoms with Gasteiger partial charge in [-0.1, -0.05) is 26.8 Å². The molecular weight excluding hydrogens is 517 g/mol. The quantitative estimate of drug-likeness (QED) is 0.427. The molecule has 1 aliphatic heterocycles. The van der Waals surface area contributed by atoms with Gasteiger partial charge in [0.25, 0.3) is 5.91 Å². The molecule has 3 atom stereocenters. The highest BCUT2D eigenvalue weighted by Crippen LogP contribution is 2.54. The monoisotopic (exact) mass is 547 g/mol. The van der Waals surface area contributed by atoms with Crippen LogP contribution in [0.3, 0.4) is 0 Å². The minimum Gasteiger partial charge on any atom is -0.496 e. The summed E-state index contributed by atoms with van der Waals surface area (Å²) in [6, 6.07) is 5.43. The maximum absolute atomic E-state index is 16.9. The molecule has 1 aliphatic rings. The second-order valence-corrected chi connectivity index (χ2v) is 11.9. The molecule has 3 heterocycles. The minimum absolute atomic E-state index is 0.161. The predicted octanol–water partition coefficient (Wildman–Crippen LogP) is 4.91. The van der Waals surface area contributed by atoms with Crippen molar-refractivity contribution < 1.29 is 28.6 Å². The number of carboxylic acid groups (broad SMARTS) is 1. The highest BCUT2D eigenvalue weighted by atomic mass is 32.1. The first-order valence-electron chi connectivity index (χ1n) is 11.7. The Labute approximate surface area is 223 Å². The molecule has 4 rings (SSSR count). The van der Waals surface area contributed by atoms with E-state index in [4.69, 9.17) is 9.47 Å². The van der Waals surface area contributed by atoms with Gasteiger partial charge in [-0.3, -0.25) is 4.79 Å². The third-order valence-electron chi connectivity index (χ3n) is 6.70. The number of nitrogens with zero attached hydrogens (tertiary/aromatic N) is 3. The first-order chi connectivity index (χ1) is 17.5. The van der Waals surface area contributed by atoms with Crippen LogP contribution in [0.4, 0.5) is 4.39 Å². The number of likely N-dealkylation sites (tertiary alicyclic amines) is 1. The molecule has 11 heteroatoms. The fraction of sp³-hybridized carbons (Fsp3) is 0.462. The number of hydrogen-bond donors (Lipinski definition) is 1. The van der Waals surface area contributed by atoms with Gasteiger partial charge in [-0.2, -0.15) is 4.37 Å². The number of aliphatic carboxylic acids is 1. The van der Waals surface area contributed by atoms with Crippen molar-refractivity contribution in [2.45, 2.75) is 56.3 Å². The first-order valence-corrected chi connectivity index (χ1v) is 13.4. The third-order valence-corrected chi connectivity index (χ3v) is 8.13. The number of carbonyl (C=O) groups is 2. The van der Waals surface area contributed by atoms with E-state index in [2.05, 4.69) is 9.36 Å². The zero-order chi connectivity index (χ0) is 27.0. The molecule has 1 aromatic carbocycles. The fourth-order valence-electron chi connectivity index (χ4n) is 5.14.